The minimum atomic E-state index is 0.0437. The van der Waals surface area contributed by atoms with Crippen LogP contribution in [-0.2, 0) is 4.79 Å². The summed E-state index contributed by atoms with van der Waals surface area (Å²) in [5.41, 5.74) is 7.88. The zero-order valence-electron chi connectivity index (χ0n) is 10.5. The number of nitrogens with zero attached hydrogens (tertiary/aromatic N) is 2. The van der Waals surface area contributed by atoms with Crippen LogP contribution >= 0.6 is 15.9 Å². The summed E-state index contributed by atoms with van der Waals surface area (Å²) in [6.07, 6.45) is 0. The summed E-state index contributed by atoms with van der Waals surface area (Å²) in [6, 6.07) is 6.30. The molecule has 0 radical (unpaired) electrons. The quantitative estimate of drug-likeness (QED) is 0.897. The molecule has 0 saturated carbocycles. The lowest BCUT2D eigenvalue weighted by Crippen LogP contribution is -2.50. The maximum Gasteiger partial charge on any atom is 0.236 e. The Morgan fingerprint density at radius 2 is 2.00 bits per heavy atom. The van der Waals surface area contributed by atoms with E-state index in [0.29, 0.717) is 0 Å². The Bertz CT molecular complexity index is 442. The Hall–Kier alpha value is -1.07. The molecule has 0 aliphatic carbocycles. The zero-order valence-corrected chi connectivity index (χ0v) is 12.1. The van der Waals surface area contributed by atoms with Crippen molar-refractivity contribution in [3.05, 3.63) is 28.2 Å². The van der Waals surface area contributed by atoms with Crippen molar-refractivity contribution in [2.24, 2.45) is 5.73 Å². The second-order valence-electron chi connectivity index (χ2n) is 4.50. The number of anilines is 1. The summed E-state index contributed by atoms with van der Waals surface area (Å²) in [6.45, 7) is 5.47. The largest absolute Gasteiger partial charge is 0.368 e. The third kappa shape index (κ3) is 2.84. The highest BCUT2D eigenvalue weighted by atomic mass is 79.9. The summed E-state index contributed by atoms with van der Waals surface area (Å²) in [5.74, 6) is 0.0437. The van der Waals surface area contributed by atoms with Crippen LogP contribution in [0.3, 0.4) is 0 Å². The Kier molecular flexibility index (Phi) is 4.24. The van der Waals surface area contributed by atoms with Crippen LogP contribution in [0.5, 0.6) is 0 Å². The lowest BCUT2D eigenvalue weighted by molar-refractivity contribution is -0.129. The van der Waals surface area contributed by atoms with Gasteiger partial charge in [0, 0.05) is 36.3 Å². The smallest absolute Gasteiger partial charge is 0.236 e. The molecule has 0 spiro atoms. The van der Waals surface area contributed by atoms with Crippen LogP contribution in [-0.4, -0.2) is 43.5 Å². The summed E-state index contributed by atoms with van der Waals surface area (Å²) in [5, 5.41) is 0. The molecule has 5 heteroatoms. The van der Waals surface area contributed by atoms with Crippen LogP contribution in [0, 0.1) is 6.92 Å². The van der Waals surface area contributed by atoms with Crippen molar-refractivity contribution < 1.29 is 4.79 Å². The van der Waals surface area contributed by atoms with E-state index in [1.165, 1.54) is 11.3 Å². The van der Waals surface area contributed by atoms with Gasteiger partial charge in [-0.3, -0.25) is 4.79 Å². The fourth-order valence-electron chi connectivity index (χ4n) is 2.30. The maximum absolute atomic E-state index is 11.5. The molecule has 1 aliphatic rings. The SMILES string of the molecule is Cc1cc(Br)ccc1N1CCN(C(=O)CN)CC1. The predicted octanol–water partition coefficient (Wildman–Crippen LogP) is 1.36. The number of benzene rings is 1. The van der Waals surface area contributed by atoms with Crippen LogP contribution in [0.1, 0.15) is 5.56 Å². The molecule has 1 amide bonds. The molecule has 0 bridgehead atoms. The van der Waals surface area contributed by atoms with Gasteiger partial charge in [-0.1, -0.05) is 15.9 Å². The van der Waals surface area contributed by atoms with E-state index in [1.54, 1.807) is 0 Å². The number of piperazine rings is 1. The summed E-state index contributed by atoms with van der Waals surface area (Å²) in [4.78, 5) is 15.7. The highest BCUT2D eigenvalue weighted by molar-refractivity contribution is 9.10. The molecular weight excluding hydrogens is 294 g/mol. The number of carbonyl (C=O) groups excluding carboxylic acids is 1. The molecule has 0 aromatic heterocycles. The molecule has 2 N–H and O–H groups in total. The second kappa shape index (κ2) is 5.71. The van der Waals surface area contributed by atoms with Gasteiger partial charge < -0.3 is 15.5 Å². The fourth-order valence-corrected chi connectivity index (χ4v) is 2.78. The van der Waals surface area contributed by atoms with E-state index in [9.17, 15) is 4.79 Å². The van der Waals surface area contributed by atoms with Gasteiger partial charge in [-0.25, -0.2) is 0 Å². The van der Waals surface area contributed by atoms with Crippen molar-refractivity contribution in [2.45, 2.75) is 6.92 Å². The number of rotatable bonds is 2. The third-order valence-corrected chi connectivity index (χ3v) is 3.80. The van der Waals surface area contributed by atoms with E-state index in [2.05, 4.69) is 46.0 Å². The van der Waals surface area contributed by atoms with Gasteiger partial charge in [0.2, 0.25) is 5.91 Å². The van der Waals surface area contributed by atoms with E-state index in [-0.39, 0.29) is 12.5 Å². The molecule has 2 rings (SSSR count). The van der Waals surface area contributed by atoms with Gasteiger partial charge in [0.1, 0.15) is 0 Å². The topological polar surface area (TPSA) is 49.6 Å². The normalized spacial score (nSPS) is 15.9. The van der Waals surface area contributed by atoms with E-state index < -0.39 is 0 Å². The summed E-state index contributed by atoms with van der Waals surface area (Å²) >= 11 is 3.47. The Balaban J connectivity index is 2.03. The minimum absolute atomic E-state index is 0.0437. The number of nitrogens with two attached hydrogens (primary N) is 1. The van der Waals surface area contributed by atoms with Crippen molar-refractivity contribution in [1.82, 2.24) is 4.90 Å². The average Bonchev–Trinajstić information content (AvgIpc) is 2.38. The average molecular weight is 312 g/mol. The maximum atomic E-state index is 11.5. The molecule has 4 nitrogen and oxygen atoms in total. The molecule has 0 atom stereocenters. The van der Waals surface area contributed by atoms with Gasteiger partial charge in [-0.05, 0) is 30.7 Å². The molecule has 18 heavy (non-hydrogen) atoms. The molecule has 98 valence electrons. The number of amides is 1. The number of hydrogen-bond donors (Lipinski definition) is 1. The van der Waals surface area contributed by atoms with Crippen LogP contribution in [0.2, 0.25) is 0 Å². The van der Waals surface area contributed by atoms with Gasteiger partial charge >= 0.3 is 0 Å². The van der Waals surface area contributed by atoms with Crippen LogP contribution < -0.4 is 10.6 Å². The molecule has 1 aromatic carbocycles. The van der Waals surface area contributed by atoms with Crippen LogP contribution in [0.15, 0.2) is 22.7 Å². The lowest BCUT2D eigenvalue weighted by Gasteiger charge is -2.36. The molecule has 0 unspecified atom stereocenters. The standard InChI is InChI=1S/C13H18BrN3O/c1-10-8-11(14)2-3-12(10)16-4-6-17(7-5-16)13(18)9-15/h2-3,8H,4-7,9,15H2,1H3. The van der Waals surface area contributed by atoms with Gasteiger partial charge in [0.25, 0.3) is 0 Å². The lowest BCUT2D eigenvalue weighted by atomic mass is 10.1. The van der Waals surface area contributed by atoms with E-state index in [4.69, 9.17) is 5.73 Å². The van der Waals surface area contributed by atoms with Crippen molar-refractivity contribution in [3.8, 4) is 0 Å². The predicted molar refractivity (Wildman–Crippen MR) is 76.7 cm³/mol. The monoisotopic (exact) mass is 311 g/mol. The minimum Gasteiger partial charge on any atom is -0.368 e. The highest BCUT2D eigenvalue weighted by Crippen LogP contribution is 2.24. The Labute approximate surface area is 116 Å². The van der Waals surface area contributed by atoms with Gasteiger partial charge in [0.15, 0.2) is 0 Å². The van der Waals surface area contributed by atoms with Gasteiger partial charge in [0.05, 0.1) is 6.54 Å². The fraction of sp³-hybridized carbons (Fsp3) is 0.462. The third-order valence-electron chi connectivity index (χ3n) is 3.31. The van der Waals surface area contributed by atoms with E-state index in [0.717, 1.165) is 30.7 Å². The molecular formula is C13H18BrN3O. The van der Waals surface area contributed by atoms with Gasteiger partial charge in [-0.2, -0.15) is 0 Å². The number of halogens is 1. The van der Waals surface area contributed by atoms with Crippen molar-refractivity contribution in [3.63, 3.8) is 0 Å². The van der Waals surface area contributed by atoms with Crippen molar-refractivity contribution in [1.29, 1.82) is 0 Å². The molecule has 1 aromatic rings. The Morgan fingerprint density at radius 3 is 2.56 bits per heavy atom. The number of hydrogen-bond acceptors (Lipinski definition) is 3. The van der Waals surface area contributed by atoms with Crippen molar-refractivity contribution in [2.75, 3.05) is 37.6 Å². The zero-order chi connectivity index (χ0) is 13.1. The van der Waals surface area contributed by atoms with E-state index in [1.807, 2.05) is 4.90 Å². The Morgan fingerprint density at radius 1 is 1.33 bits per heavy atom. The summed E-state index contributed by atoms with van der Waals surface area (Å²) < 4.78 is 1.10. The molecule has 1 saturated heterocycles. The first-order chi connectivity index (χ1) is 8.61. The van der Waals surface area contributed by atoms with Crippen molar-refractivity contribution >= 4 is 27.5 Å². The first kappa shape index (κ1) is 13.4. The first-order valence-electron chi connectivity index (χ1n) is 6.11. The number of carbonyl (C=O) groups is 1. The van der Waals surface area contributed by atoms with Crippen LogP contribution in [0.4, 0.5) is 5.69 Å². The highest BCUT2D eigenvalue weighted by Gasteiger charge is 2.20. The number of aryl methyl sites for hydroxylation is 1. The van der Waals surface area contributed by atoms with Gasteiger partial charge in [-0.15, -0.1) is 0 Å². The molecule has 1 heterocycles. The first-order valence-corrected chi connectivity index (χ1v) is 6.90. The van der Waals surface area contributed by atoms with Crippen LogP contribution in [0.25, 0.3) is 0 Å². The second-order valence-corrected chi connectivity index (χ2v) is 5.42. The molecule has 1 fully saturated rings. The molecule has 1 aliphatic heterocycles. The van der Waals surface area contributed by atoms with E-state index >= 15 is 0 Å². The summed E-state index contributed by atoms with van der Waals surface area (Å²) in [7, 11) is 0.